The van der Waals surface area contributed by atoms with E-state index < -0.39 is 11.4 Å². The van der Waals surface area contributed by atoms with Crippen LogP contribution in [0.3, 0.4) is 0 Å². The minimum Gasteiger partial charge on any atom is -1.00 e. The minimum absolute atomic E-state index is 0. The second-order valence-electron chi connectivity index (χ2n) is 8.28. The van der Waals surface area contributed by atoms with Crippen LogP contribution >= 0.6 is 49.7 Å². The van der Waals surface area contributed by atoms with Gasteiger partial charge in [0, 0.05) is 28.2 Å². The van der Waals surface area contributed by atoms with Crippen molar-refractivity contribution < 1.29 is 335 Å². The van der Waals surface area contributed by atoms with E-state index >= 15 is 0 Å². The van der Waals surface area contributed by atoms with Gasteiger partial charge in [-0.05, 0) is 22.3 Å². The van der Waals surface area contributed by atoms with Gasteiger partial charge in [0.2, 0.25) is 0 Å². The smallest absolute Gasteiger partial charge is 1.00 e. The summed E-state index contributed by atoms with van der Waals surface area (Å²) in [6.45, 7) is 0. The molecule has 18 heteroatoms. The van der Waals surface area contributed by atoms with Crippen molar-refractivity contribution in [1.29, 1.82) is 0 Å². The first-order valence-corrected chi connectivity index (χ1v) is 14.7. The van der Waals surface area contributed by atoms with E-state index in [2.05, 4.69) is 49.7 Å². The second-order valence-corrected chi connectivity index (χ2v) is 10.9. The Bertz CT molecular complexity index is 1290. The molecule has 0 aliphatic rings. The second kappa shape index (κ2) is 44.9. The van der Waals surface area contributed by atoms with Crippen LogP contribution < -0.4 is 319 Å². The van der Waals surface area contributed by atoms with Crippen molar-refractivity contribution >= 4 is 69.7 Å². The molecule has 0 saturated carbocycles. The fourth-order valence-electron chi connectivity index (χ4n) is 2.65. The summed E-state index contributed by atoms with van der Waals surface area (Å²) in [7, 11) is 7.43. The molecule has 0 heterocycles. The van der Waals surface area contributed by atoms with Gasteiger partial charge < -0.3 is 32.0 Å². The Hall–Kier alpha value is 6.85. The topological polar surface area (TPSA) is 116 Å². The Kier molecular flexibility index (Phi) is 65.0. The van der Waals surface area contributed by atoms with E-state index in [0.29, 0.717) is 8.64 Å². The molecule has 0 amide bonds. The summed E-state index contributed by atoms with van der Waals surface area (Å²) in [5, 5.41) is 22.8. The molecule has 0 N–H and O–H groups in total. The van der Waals surface area contributed by atoms with E-state index in [1.54, 1.807) is 34.1 Å². The third-order valence-corrected chi connectivity index (χ3v) is 6.24. The SMILES string of the molecule is CN(C)C(=S)S.CN(C)C(=S)S.O=S([O-])[O-].[H-].[H-].[K+].[K+].[K+].[K+].[K+].[K+].[O-]c1ccccc1-c1ccccc1.[O-]c1ccccc1-c1ccccc1. The summed E-state index contributed by atoms with van der Waals surface area (Å²) in [5.41, 5.74) is 3.49. The van der Waals surface area contributed by atoms with Crippen LogP contribution in [0.1, 0.15) is 2.85 Å². The van der Waals surface area contributed by atoms with Gasteiger partial charge in [-0.1, -0.05) is 134 Å². The van der Waals surface area contributed by atoms with E-state index in [-0.39, 0.29) is 323 Å². The van der Waals surface area contributed by atoms with Crippen LogP contribution in [0.25, 0.3) is 22.3 Å². The van der Waals surface area contributed by atoms with Gasteiger partial charge in [0.05, 0.1) is 0 Å². The number of nitrogens with zero attached hydrogens (tertiary/aromatic N) is 2. The molecule has 0 aliphatic carbocycles. The van der Waals surface area contributed by atoms with Gasteiger partial charge >= 0.3 is 308 Å². The number of hydrogen-bond acceptors (Lipinski definition) is 7. The molecular weight excluding hydrogens is 863 g/mol. The summed E-state index contributed by atoms with van der Waals surface area (Å²) in [5.74, 6) is 0.155. The van der Waals surface area contributed by atoms with Crippen LogP contribution in [0, 0.1) is 0 Å². The minimum atomic E-state index is -3.11. The van der Waals surface area contributed by atoms with E-state index in [1.807, 2.05) is 113 Å². The van der Waals surface area contributed by atoms with Gasteiger partial charge in [-0.15, -0.1) is 48.1 Å². The van der Waals surface area contributed by atoms with Crippen molar-refractivity contribution in [2.45, 2.75) is 0 Å². The number of thiocarbonyl (C=S) groups is 2. The Labute approximate surface area is 569 Å². The van der Waals surface area contributed by atoms with Gasteiger partial charge in [0.1, 0.15) is 8.64 Å². The van der Waals surface area contributed by atoms with E-state index in [0.717, 1.165) is 22.3 Å². The fourth-order valence-corrected chi connectivity index (χ4v) is 2.65. The summed E-state index contributed by atoms with van der Waals surface area (Å²) in [6.07, 6.45) is 0. The molecule has 0 radical (unpaired) electrons. The largest absolute Gasteiger partial charge is 1.00 e. The number of para-hydroxylation sites is 2. The first kappa shape index (κ1) is 69.5. The zero-order valence-electron chi connectivity index (χ0n) is 31.4. The predicted molar refractivity (Wildman–Crippen MR) is 185 cm³/mol. The number of hydrogen-bond donors (Lipinski definition) is 2. The first-order valence-electron chi connectivity index (χ1n) is 12.0. The van der Waals surface area contributed by atoms with Crippen LogP contribution in [0.5, 0.6) is 11.5 Å². The molecular formula is C30H34K6N2O5S5. The fraction of sp³-hybridized carbons (Fsp3) is 0.133. The van der Waals surface area contributed by atoms with Gasteiger partial charge in [-0.3, -0.25) is 4.21 Å². The van der Waals surface area contributed by atoms with Crippen molar-refractivity contribution in [2.75, 3.05) is 28.2 Å². The van der Waals surface area contributed by atoms with Crippen molar-refractivity contribution in [3.05, 3.63) is 109 Å². The average Bonchev–Trinajstić information content (AvgIpc) is 2.95. The normalized spacial score (nSPS) is 8.02. The van der Waals surface area contributed by atoms with Crippen molar-refractivity contribution in [3.8, 4) is 33.8 Å². The molecule has 4 rings (SSSR count). The molecule has 0 spiro atoms. The molecule has 230 valence electrons. The van der Waals surface area contributed by atoms with Crippen molar-refractivity contribution in [2.24, 2.45) is 0 Å². The molecule has 7 nitrogen and oxygen atoms in total. The molecule has 48 heavy (non-hydrogen) atoms. The molecule has 0 aliphatic heterocycles. The molecule has 4 aromatic carbocycles. The number of rotatable bonds is 2. The van der Waals surface area contributed by atoms with Gasteiger partial charge in [-0.25, -0.2) is 0 Å². The van der Waals surface area contributed by atoms with Crippen LogP contribution in [0.4, 0.5) is 0 Å². The quantitative estimate of drug-likeness (QED) is 0.0878. The maximum Gasteiger partial charge on any atom is 1.00 e. The van der Waals surface area contributed by atoms with E-state index in [1.165, 1.54) is 0 Å². The third kappa shape index (κ3) is 38.4. The first-order chi connectivity index (χ1) is 19.8. The summed E-state index contributed by atoms with van der Waals surface area (Å²) in [6, 6.07) is 33.5. The average molecular weight is 898 g/mol. The zero-order chi connectivity index (χ0) is 32.1. The van der Waals surface area contributed by atoms with Crippen LogP contribution in [0.15, 0.2) is 109 Å². The Morgan fingerprint density at radius 1 is 0.542 bits per heavy atom. The maximum atomic E-state index is 11.4. The van der Waals surface area contributed by atoms with E-state index in [4.69, 9.17) is 13.3 Å². The van der Waals surface area contributed by atoms with E-state index in [9.17, 15) is 10.2 Å². The monoisotopic (exact) mass is 896 g/mol. The molecule has 0 saturated heterocycles. The Balaban J connectivity index is -0.0000000615. The van der Waals surface area contributed by atoms with Crippen LogP contribution in [-0.2, 0) is 11.4 Å². The predicted octanol–water partition coefficient (Wildman–Crippen LogP) is -12.4. The van der Waals surface area contributed by atoms with Crippen molar-refractivity contribution in [3.63, 3.8) is 0 Å². The summed E-state index contributed by atoms with van der Waals surface area (Å²) >= 11 is 13.8. The Morgan fingerprint density at radius 3 is 0.917 bits per heavy atom. The summed E-state index contributed by atoms with van der Waals surface area (Å²) < 4.78 is 26.6. The number of benzene rings is 4. The molecule has 0 unspecified atom stereocenters. The van der Waals surface area contributed by atoms with Gasteiger partial charge in [-0.2, -0.15) is 0 Å². The number of thiol groups is 2. The van der Waals surface area contributed by atoms with Crippen LogP contribution in [-0.4, -0.2) is 59.9 Å². The summed E-state index contributed by atoms with van der Waals surface area (Å²) in [4.78, 5) is 3.52. The maximum absolute atomic E-state index is 11.4. The molecule has 0 atom stereocenters. The van der Waals surface area contributed by atoms with Gasteiger partial charge in [0.25, 0.3) is 0 Å². The Morgan fingerprint density at radius 2 is 0.729 bits per heavy atom. The molecule has 0 aromatic heterocycles. The molecule has 4 aromatic rings. The van der Waals surface area contributed by atoms with Gasteiger partial charge in [0.15, 0.2) is 0 Å². The zero-order valence-corrected chi connectivity index (χ0v) is 52.4. The standard InChI is InChI=1S/2C12H10O.2C3H7NS2.6K.H2O3S.2H/c2*13-12-9-5-4-8-11(12)10-6-2-1-3-7-10;2*1-4(2)3(5)6;;;;;;;1-4(2)3;;/h2*1-9,13H;2*1-2H3,(H,5,6);;;;;;;(H2,1,2,3);;/q;;;;6*+1;;2*-1/p-4. The van der Waals surface area contributed by atoms with Crippen molar-refractivity contribution in [1.82, 2.24) is 9.80 Å². The molecule has 0 fully saturated rings. The third-order valence-electron chi connectivity index (χ3n) is 4.71. The van der Waals surface area contributed by atoms with Crippen LogP contribution in [0.2, 0.25) is 0 Å². The molecule has 0 bridgehead atoms.